The lowest BCUT2D eigenvalue weighted by Crippen LogP contribution is -2.35. The number of aryl methyl sites for hydroxylation is 1. The van der Waals surface area contributed by atoms with Crippen molar-refractivity contribution in [1.29, 1.82) is 0 Å². The van der Waals surface area contributed by atoms with Crippen molar-refractivity contribution in [1.82, 2.24) is 4.90 Å². The summed E-state index contributed by atoms with van der Waals surface area (Å²) in [6.07, 6.45) is 0.917. The standard InChI is InChI=1S/C29H30N2O3/c1-4-19-34-25-17-13-23(14-18-25)26-27(30(5-2)20-22-9-7-6-8-10-22)29(33)31(28(26)32)24-15-11-21(3)12-16-24/h6-18H,4-5,19-20H2,1-3H3. The van der Waals surface area contributed by atoms with Gasteiger partial charge in [0.2, 0.25) is 0 Å². The van der Waals surface area contributed by atoms with Gasteiger partial charge in [-0.05, 0) is 55.7 Å². The molecule has 3 aromatic rings. The first-order valence-electron chi connectivity index (χ1n) is 11.7. The number of carbonyl (C=O) groups excluding carboxylic acids is 2. The number of nitrogens with zero attached hydrogens (tertiary/aromatic N) is 2. The molecule has 4 rings (SSSR count). The van der Waals surface area contributed by atoms with Crippen LogP contribution in [0, 0.1) is 6.92 Å². The summed E-state index contributed by atoms with van der Waals surface area (Å²) in [6, 6.07) is 24.9. The number of amides is 2. The molecule has 1 aliphatic rings. The number of benzene rings is 3. The van der Waals surface area contributed by atoms with Gasteiger partial charge in [0.05, 0.1) is 17.9 Å². The normalized spacial score (nSPS) is 13.6. The first kappa shape index (κ1) is 23.3. The third kappa shape index (κ3) is 4.74. The number of ether oxygens (including phenoxy) is 1. The predicted molar refractivity (Wildman–Crippen MR) is 135 cm³/mol. The first-order chi connectivity index (χ1) is 16.5. The molecule has 0 saturated heterocycles. The Morgan fingerprint density at radius 3 is 2.12 bits per heavy atom. The summed E-state index contributed by atoms with van der Waals surface area (Å²) < 4.78 is 5.71. The van der Waals surface area contributed by atoms with Crippen molar-refractivity contribution in [3.05, 3.63) is 101 Å². The fourth-order valence-electron chi connectivity index (χ4n) is 4.09. The van der Waals surface area contributed by atoms with E-state index in [1.807, 2.05) is 97.6 Å². The molecule has 0 N–H and O–H groups in total. The van der Waals surface area contributed by atoms with Crippen LogP contribution >= 0.6 is 0 Å². The number of rotatable bonds is 9. The molecule has 0 unspecified atom stereocenters. The van der Waals surface area contributed by atoms with Crippen LogP contribution in [0.2, 0.25) is 0 Å². The molecule has 34 heavy (non-hydrogen) atoms. The van der Waals surface area contributed by atoms with Gasteiger partial charge in [0.25, 0.3) is 11.8 Å². The second kappa shape index (κ2) is 10.4. The molecule has 0 aliphatic carbocycles. The summed E-state index contributed by atoms with van der Waals surface area (Å²) in [6.45, 7) is 7.79. The van der Waals surface area contributed by atoms with Crippen molar-refractivity contribution in [2.75, 3.05) is 18.1 Å². The fraction of sp³-hybridized carbons (Fsp3) is 0.241. The molecule has 0 atom stereocenters. The number of anilines is 1. The summed E-state index contributed by atoms with van der Waals surface area (Å²) in [5.74, 6) is 0.141. The zero-order valence-electron chi connectivity index (χ0n) is 20.0. The van der Waals surface area contributed by atoms with E-state index in [1.165, 1.54) is 4.90 Å². The first-order valence-corrected chi connectivity index (χ1v) is 11.7. The second-order valence-corrected chi connectivity index (χ2v) is 8.38. The highest BCUT2D eigenvalue weighted by Gasteiger charge is 2.42. The molecule has 0 fully saturated rings. The van der Waals surface area contributed by atoms with Gasteiger partial charge in [-0.3, -0.25) is 9.59 Å². The zero-order chi connectivity index (χ0) is 24.1. The Hall–Kier alpha value is -3.86. The zero-order valence-corrected chi connectivity index (χ0v) is 20.0. The van der Waals surface area contributed by atoms with E-state index in [-0.39, 0.29) is 11.8 Å². The molecule has 5 heteroatoms. The van der Waals surface area contributed by atoms with Gasteiger partial charge in [-0.1, -0.05) is 67.1 Å². The fourth-order valence-corrected chi connectivity index (χ4v) is 4.09. The molecule has 1 aliphatic heterocycles. The van der Waals surface area contributed by atoms with Gasteiger partial charge in [-0.25, -0.2) is 4.90 Å². The Kier molecular flexibility index (Phi) is 7.12. The molecular formula is C29H30N2O3. The van der Waals surface area contributed by atoms with Crippen molar-refractivity contribution >= 4 is 23.1 Å². The predicted octanol–water partition coefficient (Wildman–Crippen LogP) is 5.59. The Balaban J connectivity index is 1.77. The van der Waals surface area contributed by atoms with Crippen LogP contribution in [-0.4, -0.2) is 29.9 Å². The summed E-state index contributed by atoms with van der Waals surface area (Å²) in [5, 5.41) is 0. The molecule has 0 bridgehead atoms. The number of likely N-dealkylation sites (N-methyl/N-ethyl adjacent to an activating group) is 1. The summed E-state index contributed by atoms with van der Waals surface area (Å²) in [7, 11) is 0. The van der Waals surface area contributed by atoms with Crippen molar-refractivity contribution < 1.29 is 14.3 Å². The molecule has 5 nitrogen and oxygen atoms in total. The summed E-state index contributed by atoms with van der Waals surface area (Å²) >= 11 is 0. The average Bonchev–Trinajstić information content (AvgIpc) is 3.12. The molecular weight excluding hydrogens is 424 g/mol. The molecule has 0 radical (unpaired) electrons. The smallest absolute Gasteiger partial charge is 0.282 e. The number of hydrogen-bond acceptors (Lipinski definition) is 4. The van der Waals surface area contributed by atoms with E-state index in [9.17, 15) is 9.59 Å². The van der Waals surface area contributed by atoms with Crippen LogP contribution in [0.15, 0.2) is 84.6 Å². The van der Waals surface area contributed by atoms with Crippen LogP contribution in [0.25, 0.3) is 5.57 Å². The van der Waals surface area contributed by atoms with Crippen LogP contribution in [-0.2, 0) is 16.1 Å². The largest absolute Gasteiger partial charge is 0.494 e. The van der Waals surface area contributed by atoms with Crippen LogP contribution in [0.4, 0.5) is 5.69 Å². The minimum atomic E-state index is -0.308. The van der Waals surface area contributed by atoms with Crippen molar-refractivity contribution in [2.24, 2.45) is 0 Å². The number of carbonyl (C=O) groups is 2. The van der Waals surface area contributed by atoms with E-state index >= 15 is 0 Å². The van der Waals surface area contributed by atoms with E-state index in [2.05, 4.69) is 6.92 Å². The molecule has 0 saturated carbocycles. The van der Waals surface area contributed by atoms with Crippen molar-refractivity contribution in [3.63, 3.8) is 0 Å². The molecule has 0 spiro atoms. The van der Waals surface area contributed by atoms with E-state index < -0.39 is 0 Å². The van der Waals surface area contributed by atoms with E-state index in [1.54, 1.807) is 0 Å². The molecule has 1 heterocycles. The minimum Gasteiger partial charge on any atom is -0.494 e. The second-order valence-electron chi connectivity index (χ2n) is 8.38. The highest BCUT2D eigenvalue weighted by Crippen LogP contribution is 2.36. The molecule has 0 aromatic heterocycles. The average molecular weight is 455 g/mol. The molecule has 2 amide bonds. The van der Waals surface area contributed by atoms with Crippen LogP contribution in [0.5, 0.6) is 5.75 Å². The summed E-state index contributed by atoms with van der Waals surface area (Å²) in [5.41, 5.74) is 4.28. The van der Waals surface area contributed by atoms with Gasteiger partial charge in [0.1, 0.15) is 11.4 Å². The lowest BCUT2D eigenvalue weighted by Gasteiger charge is -2.25. The van der Waals surface area contributed by atoms with Gasteiger partial charge in [-0.2, -0.15) is 0 Å². The van der Waals surface area contributed by atoms with Crippen LogP contribution in [0.3, 0.4) is 0 Å². The Morgan fingerprint density at radius 1 is 0.824 bits per heavy atom. The maximum Gasteiger partial charge on any atom is 0.282 e. The van der Waals surface area contributed by atoms with Crippen LogP contribution < -0.4 is 9.64 Å². The monoisotopic (exact) mass is 454 g/mol. The lowest BCUT2D eigenvalue weighted by molar-refractivity contribution is -0.120. The quantitative estimate of drug-likeness (QED) is 0.396. The number of hydrogen-bond donors (Lipinski definition) is 0. The van der Waals surface area contributed by atoms with Gasteiger partial charge in [0.15, 0.2) is 0 Å². The van der Waals surface area contributed by atoms with E-state index in [0.717, 1.165) is 23.3 Å². The minimum absolute atomic E-state index is 0.298. The highest BCUT2D eigenvalue weighted by atomic mass is 16.5. The summed E-state index contributed by atoms with van der Waals surface area (Å²) in [4.78, 5) is 30.8. The van der Waals surface area contributed by atoms with E-state index in [4.69, 9.17) is 4.74 Å². The van der Waals surface area contributed by atoms with Crippen molar-refractivity contribution in [3.8, 4) is 5.75 Å². The Bertz CT molecular complexity index is 1180. The number of imide groups is 1. The highest BCUT2D eigenvalue weighted by molar-refractivity contribution is 6.45. The van der Waals surface area contributed by atoms with Gasteiger partial charge >= 0.3 is 0 Å². The maximum atomic E-state index is 13.8. The van der Waals surface area contributed by atoms with E-state index in [0.29, 0.717) is 42.2 Å². The third-order valence-corrected chi connectivity index (χ3v) is 5.88. The lowest BCUT2D eigenvalue weighted by atomic mass is 10.0. The Labute approximate surface area is 201 Å². The third-order valence-electron chi connectivity index (χ3n) is 5.88. The molecule has 174 valence electrons. The maximum absolute atomic E-state index is 13.8. The Morgan fingerprint density at radius 2 is 1.50 bits per heavy atom. The SMILES string of the molecule is CCCOc1ccc(C2=C(N(CC)Cc3ccccc3)C(=O)N(c3ccc(C)cc3)C2=O)cc1. The van der Waals surface area contributed by atoms with Gasteiger partial charge < -0.3 is 9.64 Å². The van der Waals surface area contributed by atoms with Gasteiger partial charge in [0, 0.05) is 13.1 Å². The molecule has 3 aromatic carbocycles. The van der Waals surface area contributed by atoms with Crippen LogP contribution in [0.1, 0.15) is 37.0 Å². The topological polar surface area (TPSA) is 49.9 Å². The van der Waals surface area contributed by atoms with Gasteiger partial charge in [-0.15, -0.1) is 0 Å². The van der Waals surface area contributed by atoms with Crippen molar-refractivity contribution in [2.45, 2.75) is 33.7 Å².